The molecule has 0 spiro atoms. The van der Waals surface area contributed by atoms with Crippen molar-refractivity contribution in [2.75, 3.05) is 45.7 Å². The third kappa shape index (κ3) is 5.04. The maximum absolute atomic E-state index is 12.5. The van der Waals surface area contributed by atoms with Crippen molar-refractivity contribution in [1.82, 2.24) is 10.2 Å². The number of hydrogen-bond donors (Lipinski definition) is 2. The van der Waals surface area contributed by atoms with E-state index in [1.807, 2.05) is 31.2 Å². The second-order valence-electron chi connectivity index (χ2n) is 6.40. The SMILES string of the molecule is COCCN(C)C(=O)C1CNCC(C(=O)Nc2ccc(C)cc2)C1. The normalized spacial score (nSPS) is 20.5. The lowest BCUT2D eigenvalue weighted by atomic mass is 9.89. The Morgan fingerprint density at radius 2 is 1.92 bits per heavy atom. The van der Waals surface area contributed by atoms with Crippen molar-refractivity contribution in [2.24, 2.45) is 11.8 Å². The first-order valence-electron chi connectivity index (χ1n) is 8.33. The molecule has 6 nitrogen and oxygen atoms in total. The van der Waals surface area contributed by atoms with Gasteiger partial charge >= 0.3 is 0 Å². The van der Waals surface area contributed by atoms with Gasteiger partial charge in [-0.25, -0.2) is 0 Å². The van der Waals surface area contributed by atoms with Gasteiger partial charge < -0.3 is 20.3 Å². The number of benzene rings is 1. The molecule has 24 heavy (non-hydrogen) atoms. The minimum absolute atomic E-state index is 0.0385. The van der Waals surface area contributed by atoms with Crippen LogP contribution in [0.1, 0.15) is 12.0 Å². The summed E-state index contributed by atoms with van der Waals surface area (Å²) < 4.78 is 5.01. The van der Waals surface area contributed by atoms with Crippen LogP contribution in [0.4, 0.5) is 5.69 Å². The van der Waals surface area contributed by atoms with Crippen molar-refractivity contribution in [3.63, 3.8) is 0 Å². The molecule has 2 rings (SSSR count). The van der Waals surface area contributed by atoms with Gasteiger partial charge in [-0.05, 0) is 25.5 Å². The lowest BCUT2D eigenvalue weighted by Crippen LogP contribution is -2.47. The molecule has 1 saturated heterocycles. The number of carbonyl (C=O) groups is 2. The van der Waals surface area contributed by atoms with Gasteiger partial charge in [0.1, 0.15) is 0 Å². The number of nitrogens with one attached hydrogen (secondary N) is 2. The maximum atomic E-state index is 12.5. The molecule has 0 saturated carbocycles. The summed E-state index contributed by atoms with van der Waals surface area (Å²) in [5.74, 6) is -0.352. The van der Waals surface area contributed by atoms with E-state index in [0.29, 0.717) is 32.7 Å². The predicted molar refractivity (Wildman–Crippen MR) is 93.8 cm³/mol. The minimum atomic E-state index is -0.204. The summed E-state index contributed by atoms with van der Waals surface area (Å²) in [5.41, 5.74) is 1.94. The number of nitrogens with zero attached hydrogens (tertiary/aromatic N) is 1. The first kappa shape index (κ1) is 18.4. The van der Waals surface area contributed by atoms with Crippen molar-refractivity contribution in [3.8, 4) is 0 Å². The molecule has 132 valence electrons. The molecule has 1 aliphatic rings. The first-order chi connectivity index (χ1) is 11.5. The number of ether oxygens (including phenoxy) is 1. The summed E-state index contributed by atoms with van der Waals surface area (Å²) >= 11 is 0. The highest BCUT2D eigenvalue weighted by molar-refractivity contribution is 5.93. The number of aryl methyl sites for hydroxylation is 1. The highest BCUT2D eigenvalue weighted by Crippen LogP contribution is 2.20. The monoisotopic (exact) mass is 333 g/mol. The topological polar surface area (TPSA) is 70.7 Å². The fourth-order valence-electron chi connectivity index (χ4n) is 2.86. The van der Waals surface area contributed by atoms with Crippen molar-refractivity contribution in [2.45, 2.75) is 13.3 Å². The maximum Gasteiger partial charge on any atom is 0.228 e. The first-order valence-corrected chi connectivity index (χ1v) is 8.33. The Balaban J connectivity index is 1.90. The summed E-state index contributed by atoms with van der Waals surface area (Å²) in [4.78, 5) is 26.6. The average molecular weight is 333 g/mol. The van der Waals surface area contributed by atoms with Crippen LogP contribution >= 0.6 is 0 Å². The number of amides is 2. The number of rotatable bonds is 6. The van der Waals surface area contributed by atoms with Crippen LogP contribution in [-0.4, -0.2) is 57.1 Å². The largest absolute Gasteiger partial charge is 0.383 e. The van der Waals surface area contributed by atoms with Gasteiger partial charge in [-0.2, -0.15) is 0 Å². The molecule has 0 aromatic heterocycles. The highest BCUT2D eigenvalue weighted by atomic mass is 16.5. The minimum Gasteiger partial charge on any atom is -0.383 e. The average Bonchev–Trinajstić information content (AvgIpc) is 2.61. The molecule has 2 unspecified atom stereocenters. The number of methoxy groups -OCH3 is 1. The zero-order chi connectivity index (χ0) is 17.5. The lowest BCUT2D eigenvalue weighted by molar-refractivity contribution is -0.136. The summed E-state index contributed by atoms with van der Waals surface area (Å²) in [6, 6.07) is 7.72. The van der Waals surface area contributed by atoms with E-state index < -0.39 is 0 Å². The summed E-state index contributed by atoms with van der Waals surface area (Å²) in [6.45, 7) is 4.30. The summed E-state index contributed by atoms with van der Waals surface area (Å²) in [7, 11) is 3.39. The molecular formula is C18H27N3O3. The Morgan fingerprint density at radius 3 is 2.58 bits per heavy atom. The highest BCUT2D eigenvalue weighted by Gasteiger charge is 2.32. The summed E-state index contributed by atoms with van der Waals surface area (Å²) in [5, 5.41) is 6.15. The molecule has 1 heterocycles. The third-order valence-corrected chi connectivity index (χ3v) is 4.40. The number of anilines is 1. The van der Waals surface area contributed by atoms with Gasteiger partial charge in [0, 0.05) is 39.5 Å². The number of carbonyl (C=O) groups excluding carboxylic acids is 2. The van der Waals surface area contributed by atoms with Gasteiger partial charge in [-0.15, -0.1) is 0 Å². The molecule has 0 bridgehead atoms. The van der Waals surface area contributed by atoms with E-state index in [2.05, 4.69) is 10.6 Å². The van der Waals surface area contributed by atoms with Crippen LogP contribution in [0, 0.1) is 18.8 Å². The van der Waals surface area contributed by atoms with Crippen molar-refractivity contribution >= 4 is 17.5 Å². The second kappa shape index (κ2) is 8.80. The Kier molecular flexibility index (Phi) is 6.75. The number of hydrogen-bond acceptors (Lipinski definition) is 4. The van der Waals surface area contributed by atoms with Crippen molar-refractivity contribution < 1.29 is 14.3 Å². The summed E-state index contributed by atoms with van der Waals surface area (Å²) in [6.07, 6.45) is 0.570. The van der Waals surface area contributed by atoms with Crippen LogP contribution in [-0.2, 0) is 14.3 Å². The van der Waals surface area contributed by atoms with Crippen LogP contribution in [0.5, 0.6) is 0 Å². The van der Waals surface area contributed by atoms with Gasteiger partial charge in [-0.1, -0.05) is 17.7 Å². The van der Waals surface area contributed by atoms with Crippen LogP contribution in [0.2, 0.25) is 0 Å². The van der Waals surface area contributed by atoms with E-state index >= 15 is 0 Å². The van der Waals surface area contributed by atoms with E-state index in [9.17, 15) is 9.59 Å². The van der Waals surface area contributed by atoms with Crippen LogP contribution in [0.25, 0.3) is 0 Å². The molecule has 0 radical (unpaired) electrons. The predicted octanol–water partition coefficient (Wildman–Crippen LogP) is 1.26. The fourth-order valence-corrected chi connectivity index (χ4v) is 2.86. The van der Waals surface area contributed by atoms with Gasteiger partial charge in [0.2, 0.25) is 11.8 Å². The van der Waals surface area contributed by atoms with E-state index in [4.69, 9.17) is 4.74 Å². The Labute approximate surface area is 143 Å². The zero-order valence-electron chi connectivity index (χ0n) is 14.7. The molecule has 1 aliphatic heterocycles. The quantitative estimate of drug-likeness (QED) is 0.822. The van der Waals surface area contributed by atoms with Crippen LogP contribution < -0.4 is 10.6 Å². The van der Waals surface area contributed by atoms with Crippen LogP contribution in [0.3, 0.4) is 0 Å². The standard InChI is InChI=1S/C18H27N3O3/c1-13-4-6-16(7-5-13)20-17(22)14-10-15(12-19-11-14)18(23)21(2)8-9-24-3/h4-7,14-15,19H,8-12H2,1-3H3,(H,20,22). The number of likely N-dealkylation sites (N-methyl/N-ethyl adjacent to an activating group) is 1. The molecule has 2 atom stereocenters. The molecule has 1 aromatic carbocycles. The number of piperidine rings is 1. The van der Waals surface area contributed by atoms with Gasteiger partial charge in [0.05, 0.1) is 18.4 Å². The van der Waals surface area contributed by atoms with E-state index in [1.54, 1.807) is 19.1 Å². The molecule has 2 amide bonds. The molecule has 1 aromatic rings. The van der Waals surface area contributed by atoms with Gasteiger partial charge in [0.15, 0.2) is 0 Å². The van der Waals surface area contributed by atoms with Gasteiger partial charge in [0.25, 0.3) is 0 Å². The van der Waals surface area contributed by atoms with E-state index in [-0.39, 0.29) is 23.7 Å². The smallest absolute Gasteiger partial charge is 0.228 e. The van der Waals surface area contributed by atoms with Crippen molar-refractivity contribution in [3.05, 3.63) is 29.8 Å². The zero-order valence-corrected chi connectivity index (χ0v) is 14.7. The van der Waals surface area contributed by atoms with Crippen LogP contribution in [0.15, 0.2) is 24.3 Å². The Morgan fingerprint density at radius 1 is 1.25 bits per heavy atom. The van der Waals surface area contributed by atoms with Crippen molar-refractivity contribution in [1.29, 1.82) is 0 Å². The molecular weight excluding hydrogens is 306 g/mol. The molecule has 6 heteroatoms. The Bertz CT molecular complexity index is 559. The van der Waals surface area contributed by atoms with E-state index in [0.717, 1.165) is 11.3 Å². The third-order valence-electron chi connectivity index (χ3n) is 4.40. The molecule has 1 fully saturated rings. The Hall–Kier alpha value is -1.92. The second-order valence-corrected chi connectivity index (χ2v) is 6.40. The molecule has 2 N–H and O–H groups in total. The lowest BCUT2D eigenvalue weighted by Gasteiger charge is -2.31. The van der Waals surface area contributed by atoms with Gasteiger partial charge in [-0.3, -0.25) is 9.59 Å². The fraction of sp³-hybridized carbons (Fsp3) is 0.556. The molecule has 0 aliphatic carbocycles. The van der Waals surface area contributed by atoms with E-state index in [1.165, 1.54) is 0 Å².